The smallest absolute Gasteiger partial charge is 0.344 e. The van der Waals surface area contributed by atoms with Gasteiger partial charge < -0.3 is 9.30 Å². The number of benzene rings is 2. The number of nitrogens with zero attached hydrogens (tertiary/aromatic N) is 3. The lowest BCUT2D eigenvalue weighted by atomic mass is 10.2. The van der Waals surface area contributed by atoms with Gasteiger partial charge in [-0.05, 0) is 50.1 Å². The van der Waals surface area contributed by atoms with Crippen molar-refractivity contribution in [3.05, 3.63) is 59.4 Å². The zero-order valence-electron chi connectivity index (χ0n) is 17.6. The molecule has 0 amide bonds. The molecule has 0 spiro atoms. The largest absolute Gasteiger partial charge is 0.454 e. The van der Waals surface area contributed by atoms with Crippen molar-refractivity contribution < 1.29 is 26.7 Å². The van der Waals surface area contributed by atoms with Crippen LogP contribution in [0.25, 0.3) is 11.0 Å². The van der Waals surface area contributed by atoms with Crippen LogP contribution in [0.1, 0.15) is 42.4 Å². The Morgan fingerprint density at radius 3 is 2.44 bits per heavy atom. The van der Waals surface area contributed by atoms with Crippen molar-refractivity contribution in [3.8, 4) is 0 Å². The molecule has 1 saturated heterocycles. The summed E-state index contributed by atoms with van der Waals surface area (Å²) in [5.41, 5.74) is 0.350. The summed E-state index contributed by atoms with van der Waals surface area (Å²) in [6, 6.07) is 7.84. The fraction of sp³-hybridized carbons (Fsp3) is 0.364. The monoisotopic (exact) mass is 463 g/mol. The summed E-state index contributed by atoms with van der Waals surface area (Å²) in [4.78, 5) is 16.8. The molecule has 1 aliphatic rings. The number of sulfonamides is 1. The lowest BCUT2D eigenvalue weighted by Crippen LogP contribution is -2.35. The first-order valence-corrected chi connectivity index (χ1v) is 11.9. The molecule has 1 aromatic heterocycles. The minimum absolute atomic E-state index is 0.157. The van der Waals surface area contributed by atoms with Crippen LogP contribution in [-0.2, 0) is 27.9 Å². The number of aromatic nitrogens is 2. The first kappa shape index (κ1) is 22.3. The number of carbonyl (C=O) groups excluding carboxylic acids is 1. The number of esters is 1. The van der Waals surface area contributed by atoms with Crippen LogP contribution in [0.3, 0.4) is 0 Å². The third kappa shape index (κ3) is 4.12. The molecule has 7 nitrogen and oxygen atoms in total. The predicted octanol–water partition coefficient (Wildman–Crippen LogP) is 3.87. The highest BCUT2D eigenvalue weighted by Crippen LogP contribution is 2.25. The van der Waals surface area contributed by atoms with Crippen LogP contribution in [0.15, 0.2) is 41.3 Å². The van der Waals surface area contributed by atoms with Crippen LogP contribution in [-0.4, -0.2) is 41.3 Å². The molecule has 2 aromatic carbocycles. The van der Waals surface area contributed by atoms with Gasteiger partial charge in [-0.25, -0.2) is 27.0 Å². The summed E-state index contributed by atoms with van der Waals surface area (Å²) >= 11 is 0. The molecular formula is C22H23F2N3O4S. The molecule has 32 heavy (non-hydrogen) atoms. The van der Waals surface area contributed by atoms with Gasteiger partial charge in [0.1, 0.15) is 29.6 Å². The predicted molar refractivity (Wildman–Crippen MR) is 113 cm³/mol. The maximum Gasteiger partial charge on any atom is 0.344 e. The summed E-state index contributed by atoms with van der Waals surface area (Å²) in [5, 5.41) is 0. The van der Waals surface area contributed by atoms with Crippen LogP contribution >= 0.6 is 0 Å². The lowest BCUT2D eigenvalue weighted by Gasteiger charge is -2.25. The fourth-order valence-electron chi connectivity index (χ4n) is 3.93. The van der Waals surface area contributed by atoms with E-state index in [0.29, 0.717) is 36.5 Å². The van der Waals surface area contributed by atoms with Crippen molar-refractivity contribution in [2.45, 2.75) is 44.2 Å². The zero-order chi connectivity index (χ0) is 22.9. The van der Waals surface area contributed by atoms with Gasteiger partial charge in [0.25, 0.3) is 0 Å². The van der Waals surface area contributed by atoms with Gasteiger partial charge in [-0.15, -0.1) is 0 Å². The quantitative estimate of drug-likeness (QED) is 0.519. The Kier molecular flexibility index (Phi) is 6.25. The van der Waals surface area contributed by atoms with Crippen LogP contribution in [0.2, 0.25) is 0 Å². The van der Waals surface area contributed by atoms with Crippen molar-refractivity contribution in [3.63, 3.8) is 0 Å². The third-order valence-electron chi connectivity index (χ3n) is 5.57. The van der Waals surface area contributed by atoms with E-state index in [1.165, 1.54) is 10.4 Å². The van der Waals surface area contributed by atoms with Gasteiger partial charge in [0.15, 0.2) is 0 Å². The molecular weight excluding hydrogens is 440 g/mol. The maximum atomic E-state index is 13.8. The number of hydrogen-bond donors (Lipinski definition) is 0. The van der Waals surface area contributed by atoms with E-state index >= 15 is 0 Å². The first-order valence-electron chi connectivity index (χ1n) is 10.4. The van der Waals surface area contributed by atoms with Gasteiger partial charge >= 0.3 is 5.97 Å². The van der Waals surface area contributed by atoms with E-state index in [1.807, 2.05) is 6.92 Å². The number of rotatable bonds is 6. The van der Waals surface area contributed by atoms with Crippen molar-refractivity contribution in [1.29, 1.82) is 0 Å². The van der Waals surface area contributed by atoms with E-state index in [1.54, 1.807) is 16.7 Å². The molecule has 170 valence electrons. The Morgan fingerprint density at radius 2 is 1.78 bits per heavy atom. The van der Waals surface area contributed by atoms with Gasteiger partial charge in [-0.3, -0.25) is 0 Å². The standard InChI is InChI=1S/C22H23F2N3O4S/c1-2-27-19-10-9-15(32(29,30)26-11-4-3-5-12-26)13-18(19)25-20(27)14-31-22(28)21-16(23)7-6-8-17(21)24/h6-10,13H,2-5,11-12,14H2,1H3. The average Bonchev–Trinajstić information content (AvgIpc) is 3.15. The van der Waals surface area contributed by atoms with Crippen molar-refractivity contribution in [2.24, 2.45) is 0 Å². The highest BCUT2D eigenvalue weighted by atomic mass is 32.2. The molecule has 10 heteroatoms. The Bertz CT molecular complexity index is 1250. The highest BCUT2D eigenvalue weighted by Gasteiger charge is 2.27. The van der Waals surface area contributed by atoms with Gasteiger partial charge in [-0.2, -0.15) is 4.31 Å². The number of ether oxygens (including phenoxy) is 1. The Balaban J connectivity index is 1.61. The highest BCUT2D eigenvalue weighted by molar-refractivity contribution is 7.89. The molecule has 1 fully saturated rings. The van der Waals surface area contributed by atoms with Gasteiger partial charge in [-0.1, -0.05) is 12.5 Å². The average molecular weight is 464 g/mol. The number of carbonyl (C=O) groups is 1. The summed E-state index contributed by atoms with van der Waals surface area (Å²) in [5.74, 6) is -2.80. The Hall–Kier alpha value is -2.85. The Labute approximate surface area is 184 Å². The van der Waals surface area contributed by atoms with E-state index < -0.39 is 33.2 Å². The van der Waals surface area contributed by atoms with E-state index in [2.05, 4.69) is 4.98 Å². The molecule has 0 aliphatic carbocycles. The molecule has 0 N–H and O–H groups in total. The zero-order valence-corrected chi connectivity index (χ0v) is 18.4. The minimum Gasteiger partial charge on any atom is -0.454 e. The SMILES string of the molecule is CCn1c(COC(=O)c2c(F)cccc2F)nc2cc(S(=O)(=O)N3CCCCC3)ccc21. The molecule has 0 radical (unpaired) electrons. The van der Waals surface area contributed by atoms with Gasteiger partial charge in [0.2, 0.25) is 10.0 Å². The molecule has 4 rings (SSSR count). The van der Waals surface area contributed by atoms with Crippen molar-refractivity contribution in [2.75, 3.05) is 13.1 Å². The van der Waals surface area contributed by atoms with Crippen LogP contribution < -0.4 is 0 Å². The van der Waals surface area contributed by atoms with Gasteiger partial charge in [0.05, 0.1) is 15.9 Å². The summed E-state index contributed by atoms with van der Waals surface area (Å²) in [6.07, 6.45) is 2.69. The van der Waals surface area contributed by atoms with Crippen molar-refractivity contribution in [1.82, 2.24) is 13.9 Å². The summed E-state index contributed by atoms with van der Waals surface area (Å²) in [6.45, 7) is 3.02. The van der Waals surface area contributed by atoms with E-state index in [4.69, 9.17) is 4.74 Å². The number of aryl methyl sites for hydroxylation is 1. The van der Waals surface area contributed by atoms with Crippen LogP contribution in [0, 0.1) is 11.6 Å². The van der Waals surface area contributed by atoms with Gasteiger partial charge in [0, 0.05) is 19.6 Å². The molecule has 0 atom stereocenters. The molecule has 0 unspecified atom stereocenters. The molecule has 1 aliphatic heterocycles. The number of halogens is 2. The van der Waals surface area contributed by atoms with E-state index in [9.17, 15) is 22.0 Å². The second-order valence-corrected chi connectivity index (χ2v) is 9.50. The summed E-state index contributed by atoms with van der Waals surface area (Å²) in [7, 11) is -3.62. The number of piperidine rings is 1. The number of imidazole rings is 1. The normalized spacial score (nSPS) is 15.2. The minimum atomic E-state index is -3.62. The topological polar surface area (TPSA) is 81.5 Å². The summed E-state index contributed by atoms with van der Waals surface area (Å²) < 4.78 is 62.0. The molecule has 0 saturated carbocycles. The van der Waals surface area contributed by atoms with Crippen LogP contribution in [0.5, 0.6) is 0 Å². The number of hydrogen-bond acceptors (Lipinski definition) is 5. The first-order chi connectivity index (χ1) is 15.3. The second kappa shape index (κ2) is 8.95. The molecule has 0 bridgehead atoms. The molecule has 3 aromatic rings. The second-order valence-electron chi connectivity index (χ2n) is 7.56. The van der Waals surface area contributed by atoms with Crippen molar-refractivity contribution >= 4 is 27.0 Å². The fourth-order valence-corrected chi connectivity index (χ4v) is 5.47. The van der Waals surface area contributed by atoms with E-state index in [-0.39, 0.29) is 11.5 Å². The van der Waals surface area contributed by atoms with Crippen LogP contribution in [0.4, 0.5) is 8.78 Å². The maximum absolute atomic E-state index is 13.8. The number of fused-ring (bicyclic) bond motifs is 1. The third-order valence-corrected chi connectivity index (χ3v) is 7.46. The Morgan fingerprint density at radius 1 is 1.09 bits per heavy atom. The lowest BCUT2D eigenvalue weighted by molar-refractivity contribution is 0.0447. The molecule has 2 heterocycles. The van der Waals surface area contributed by atoms with E-state index in [0.717, 1.165) is 37.5 Å².